The molecule has 2 heteroatoms. The first-order chi connectivity index (χ1) is 9.00. The second kappa shape index (κ2) is 5.96. The molecular weight excluding hydrogens is 234 g/mol. The van der Waals surface area contributed by atoms with Crippen LogP contribution in [0.15, 0.2) is 18.2 Å². The molecule has 1 aromatic carbocycles. The van der Waals surface area contributed by atoms with Crippen molar-refractivity contribution in [1.29, 1.82) is 0 Å². The van der Waals surface area contributed by atoms with Gasteiger partial charge in [-0.1, -0.05) is 32.9 Å². The van der Waals surface area contributed by atoms with E-state index in [1.165, 1.54) is 43.5 Å². The van der Waals surface area contributed by atoms with Gasteiger partial charge in [0.05, 0.1) is 7.11 Å². The minimum absolute atomic E-state index is 0.134. The molecule has 1 heterocycles. The molecule has 1 N–H and O–H groups in total. The van der Waals surface area contributed by atoms with E-state index >= 15 is 0 Å². The van der Waals surface area contributed by atoms with Crippen LogP contribution in [0.25, 0.3) is 0 Å². The number of benzene rings is 1. The van der Waals surface area contributed by atoms with Crippen molar-refractivity contribution < 1.29 is 4.74 Å². The normalized spacial score (nSPS) is 17.5. The zero-order valence-corrected chi connectivity index (χ0v) is 12.8. The highest BCUT2D eigenvalue weighted by Gasteiger charge is 2.20. The third-order valence-corrected chi connectivity index (χ3v) is 4.06. The van der Waals surface area contributed by atoms with Crippen molar-refractivity contribution in [3.8, 4) is 5.75 Å². The molecule has 0 aliphatic carbocycles. The maximum absolute atomic E-state index is 5.51. The van der Waals surface area contributed by atoms with Crippen LogP contribution in [0.1, 0.15) is 44.7 Å². The number of methoxy groups -OCH3 is 1. The van der Waals surface area contributed by atoms with Crippen molar-refractivity contribution in [2.45, 2.75) is 45.4 Å². The molecule has 0 radical (unpaired) electrons. The molecule has 0 atom stereocenters. The lowest BCUT2D eigenvalue weighted by atomic mass is 9.83. The van der Waals surface area contributed by atoms with Crippen LogP contribution in [0.2, 0.25) is 0 Å². The molecule has 0 unspecified atom stereocenters. The van der Waals surface area contributed by atoms with E-state index in [1.54, 1.807) is 7.11 Å². The van der Waals surface area contributed by atoms with Crippen LogP contribution in [-0.4, -0.2) is 20.2 Å². The van der Waals surface area contributed by atoms with Gasteiger partial charge in [0.2, 0.25) is 0 Å². The molecule has 1 aromatic rings. The van der Waals surface area contributed by atoms with E-state index in [-0.39, 0.29) is 5.41 Å². The molecule has 19 heavy (non-hydrogen) atoms. The van der Waals surface area contributed by atoms with Gasteiger partial charge in [-0.15, -0.1) is 0 Å². The summed E-state index contributed by atoms with van der Waals surface area (Å²) >= 11 is 0. The fraction of sp³-hybridized carbons (Fsp3) is 0.647. The smallest absolute Gasteiger partial charge is 0.122 e. The molecule has 1 fully saturated rings. The quantitative estimate of drug-likeness (QED) is 0.898. The Kier molecular flexibility index (Phi) is 4.51. The Bertz CT molecular complexity index is 414. The van der Waals surface area contributed by atoms with Crippen LogP contribution in [0, 0.1) is 5.92 Å². The van der Waals surface area contributed by atoms with E-state index in [4.69, 9.17) is 4.74 Å². The summed E-state index contributed by atoms with van der Waals surface area (Å²) in [4.78, 5) is 0. The van der Waals surface area contributed by atoms with E-state index in [0.717, 1.165) is 11.7 Å². The van der Waals surface area contributed by atoms with E-state index < -0.39 is 0 Å². The molecule has 0 bridgehead atoms. The first-order valence-electron chi connectivity index (χ1n) is 7.39. The molecular formula is C17H27NO. The van der Waals surface area contributed by atoms with Gasteiger partial charge in [0.15, 0.2) is 0 Å². The summed E-state index contributed by atoms with van der Waals surface area (Å²) in [6.07, 6.45) is 3.81. The van der Waals surface area contributed by atoms with Crippen molar-refractivity contribution in [2.24, 2.45) is 5.92 Å². The van der Waals surface area contributed by atoms with Crippen molar-refractivity contribution in [3.63, 3.8) is 0 Å². The van der Waals surface area contributed by atoms with Crippen LogP contribution in [0.4, 0.5) is 0 Å². The zero-order valence-electron chi connectivity index (χ0n) is 12.8. The van der Waals surface area contributed by atoms with E-state index in [1.807, 2.05) is 0 Å². The Morgan fingerprint density at radius 3 is 2.47 bits per heavy atom. The Hall–Kier alpha value is -1.02. The maximum Gasteiger partial charge on any atom is 0.122 e. The Morgan fingerprint density at radius 2 is 1.89 bits per heavy atom. The van der Waals surface area contributed by atoms with Crippen LogP contribution < -0.4 is 10.1 Å². The third-order valence-electron chi connectivity index (χ3n) is 4.06. The molecule has 0 aromatic heterocycles. The standard InChI is InChI=1S/C17H27NO/c1-17(2,3)15-12-14(5-6-16(15)19-4)11-13-7-9-18-10-8-13/h5-6,12-13,18H,7-11H2,1-4H3. The molecule has 1 aliphatic rings. The van der Waals surface area contributed by atoms with Crippen molar-refractivity contribution >= 4 is 0 Å². The molecule has 0 spiro atoms. The molecule has 0 amide bonds. The van der Waals surface area contributed by atoms with E-state index in [9.17, 15) is 0 Å². The average molecular weight is 261 g/mol. The van der Waals surface area contributed by atoms with Gasteiger partial charge in [-0.3, -0.25) is 0 Å². The zero-order chi connectivity index (χ0) is 13.9. The molecule has 2 rings (SSSR count). The number of hydrogen-bond donors (Lipinski definition) is 1. The van der Waals surface area contributed by atoms with Crippen LogP contribution in [0.3, 0.4) is 0 Å². The lowest BCUT2D eigenvalue weighted by Crippen LogP contribution is -2.28. The van der Waals surface area contributed by atoms with E-state index in [0.29, 0.717) is 0 Å². The first kappa shape index (κ1) is 14.4. The number of rotatable bonds is 3. The largest absolute Gasteiger partial charge is 0.496 e. The average Bonchev–Trinajstić information content (AvgIpc) is 2.39. The summed E-state index contributed by atoms with van der Waals surface area (Å²) in [5.41, 5.74) is 2.91. The molecule has 106 valence electrons. The van der Waals surface area contributed by atoms with Gasteiger partial charge in [-0.05, 0) is 60.9 Å². The van der Waals surface area contributed by atoms with Gasteiger partial charge in [0, 0.05) is 0 Å². The fourth-order valence-electron chi connectivity index (χ4n) is 2.89. The minimum Gasteiger partial charge on any atom is -0.496 e. The summed E-state index contributed by atoms with van der Waals surface area (Å²) < 4.78 is 5.51. The van der Waals surface area contributed by atoms with Gasteiger partial charge in [-0.25, -0.2) is 0 Å². The van der Waals surface area contributed by atoms with Crippen LogP contribution in [0.5, 0.6) is 5.75 Å². The summed E-state index contributed by atoms with van der Waals surface area (Å²) in [5.74, 6) is 1.85. The summed E-state index contributed by atoms with van der Waals surface area (Å²) in [7, 11) is 1.76. The Morgan fingerprint density at radius 1 is 1.21 bits per heavy atom. The van der Waals surface area contributed by atoms with Crippen LogP contribution in [-0.2, 0) is 11.8 Å². The summed E-state index contributed by atoms with van der Waals surface area (Å²) in [6.45, 7) is 9.09. The fourth-order valence-corrected chi connectivity index (χ4v) is 2.89. The highest BCUT2D eigenvalue weighted by atomic mass is 16.5. The predicted octanol–water partition coefficient (Wildman–Crippen LogP) is 3.53. The monoisotopic (exact) mass is 261 g/mol. The second-order valence-corrected chi connectivity index (χ2v) is 6.68. The number of nitrogens with one attached hydrogen (secondary N) is 1. The Labute approximate surface area is 117 Å². The highest BCUT2D eigenvalue weighted by Crippen LogP contribution is 2.33. The number of ether oxygens (including phenoxy) is 1. The van der Waals surface area contributed by atoms with Gasteiger partial charge in [-0.2, -0.15) is 0 Å². The van der Waals surface area contributed by atoms with Gasteiger partial charge >= 0.3 is 0 Å². The molecule has 0 saturated carbocycles. The lowest BCUT2D eigenvalue weighted by Gasteiger charge is -2.25. The molecule has 1 aliphatic heterocycles. The number of hydrogen-bond acceptors (Lipinski definition) is 2. The third kappa shape index (κ3) is 3.73. The maximum atomic E-state index is 5.51. The second-order valence-electron chi connectivity index (χ2n) is 6.68. The topological polar surface area (TPSA) is 21.3 Å². The first-order valence-corrected chi connectivity index (χ1v) is 7.39. The van der Waals surface area contributed by atoms with Crippen LogP contribution >= 0.6 is 0 Å². The van der Waals surface area contributed by atoms with Gasteiger partial charge in [0.1, 0.15) is 5.75 Å². The SMILES string of the molecule is COc1ccc(CC2CCNCC2)cc1C(C)(C)C. The number of piperidine rings is 1. The van der Waals surface area contributed by atoms with Crippen molar-refractivity contribution in [1.82, 2.24) is 5.32 Å². The summed E-state index contributed by atoms with van der Waals surface area (Å²) in [6, 6.07) is 6.72. The molecule has 1 saturated heterocycles. The van der Waals surface area contributed by atoms with E-state index in [2.05, 4.69) is 44.3 Å². The minimum atomic E-state index is 0.134. The lowest BCUT2D eigenvalue weighted by molar-refractivity contribution is 0.371. The molecule has 2 nitrogen and oxygen atoms in total. The Balaban J connectivity index is 2.17. The summed E-state index contributed by atoms with van der Waals surface area (Å²) in [5, 5.41) is 3.43. The van der Waals surface area contributed by atoms with Crippen molar-refractivity contribution in [3.05, 3.63) is 29.3 Å². The highest BCUT2D eigenvalue weighted by molar-refractivity contribution is 5.41. The van der Waals surface area contributed by atoms with Crippen molar-refractivity contribution in [2.75, 3.05) is 20.2 Å². The van der Waals surface area contributed by atoms with Gasteiger partial charge < -0.3 is 10.1 Å². The predicted molar refractivity (Wildman–Crippen MR) is 81.0 cm³/mol. The van der Waals surface area contributed by atoms with Gasteiger partial charge in [0.25, 0.3) is 0 Å².